The number of carbonyl (C=O) groups excluding carboxylic acids is 1. The molecule has 1 N–H and O–H groups in total. The lowest BCUT2D eigenvalue weighted by molar-refractivity contribution is -0.122. The maximum absolute atomic E-state index is 13.3. The second-order valence-corrected chi connectivity index (χ2v) is 12.5. The summed E-state index contributed by atoms with van der Waals surface area (Å²) in [6, 6.07) is 18.1. The van der Waals surface area contributed by atoms with Gasteiger partial charge in [-0.15, -0.1) is 0 Å². The fourth-order valence-corrected chi connectivity index (χ4v) is 6.83. The van der Waals surface area contributed by atoms with Crippen molar-refractivity contribution in [3.05, 3.63) is 81.9 Å². The summed E-state index contributed by atoms with van der Waals surface area (Å²) in [6.45, 7) is 0. The van der Waals surface area contributed by atoms with E-state index in [1.165, 1.54) is 12.1 Å². The maximum atomic E-state index is 13.3. The summed E-state index contributed by atoms with van der Waals surface area (Å²) in [5, 5.41) is 14.1. The molecule has 2 atom stereocenters. The molecule has 0 heterocycles. The number of nitrogens with one attached hydrogen (secondary N) is 1. The minimum Gasteiger partial charge on any atom is -0.345 e. The van der Waals surface area contributed by atoms with Crippen LogP contribution in [0.25, 0.3) is 5.57 Å². The SMILES string of the molecule is CS(=O)(=O)c1ccc(CC(=O)NC2(CC3CCCC3)C=C(Cl)C(c3ccccc3)=C(Cl)C2C#N)cc1. The van der Waals surface area contributed by atoms with Gasteiger partial charge in [-0.1, -0.05) is 91.3 Å². The Balaban J connectivity index is 1.66. The number of amides is 1. The van der Waals surface area contributed by atoms with E-state index < -0.39 is 21.3 Å². The van der Waals surface area contributed by atoms with E-state index in [0.717, 1.165) is 37.5 Å². The molecule has 2 aliphatic rings. The maximum Gasteiger partial charge on any atom is 0.225 e. The van der Waals surface area contributed by atoms with Crippen LogP contribution >= 0.6 is 23.2 Å². The predicted molar refractivity (Wildman–Crippen MR) is 143 cm³/mol. The van der Waals surface area contributed by atoms with Gasteiger partial charge in [0, 0.05) is 21.9 Å². The molecule has 188 valence electrons. The number of hydrogen-bond donors (Lipinski definition) is 1. The molecule has 1 amide bonds. The Hall–Kier alpha value is -2.59. The first kappa shape index (κ1) is 26.5. The average molecular weight is 544 g/mol. The molecule has 0 spiro atoms. The van der Waals surface area contributed by atoms with Gasteiger partial charge < -0.3 is 5.32 Å². The average Bonchev–Trinajstić information content (AvgIpc) is 3.32. The zero-order valence-corrected chi connectivity index (χ0v) is 22.3. The summed E-state index contributed by atoms with van der Waals surface area (Å²) in [4.78, 5) is 13.5. The van der Waals surface area contributed by atoms with Gasteiger partial charge in [-0.05, 0) is 41.7 Å². The van der Waals surface area contributed by atoms with Crippen molar-refractivity contribution in [2.24, 2.45) is 11.8 Å². The van der Waals surface area contributed by atoms with Gasteiger partial charge in [-0.25, -0.2) is 8.42 Å². The van der Waals surface area contributed by atoms with Crippen molar-refractivity contribution in [3.63, 3.8) is 0 Å². The van der Waals surface area contributed by atoms with Crippen molar-refractivity contribution in [1.29, 1.82) is 5.26 Å². The van der Waals surface area contributed by atoms with Crippen LogP contribution < -0.4 is 5.32 Å². The first-order valence-corrected chi connectivity index (χ1v) is 14.6. The minimum atomic E-state index is -3.32. The summed E-state index contributed by atoms with van der Waals surface area (Å²) in [7, 11) is -3.32. The number of nitriles is 1. The largest absolute Gasteiger partial charge is 0.345 e. The van der Waals surface area contributed by atoms with Gasteiger partial charge in [-0.3, -0.25) is 4.79 Å². The lowest BCUT2D eigenvalue weighted by Gasteiger charge is -2.41. The van der Waals surface area contributed by atoms with E-state index in [2.05, 4.69) is 11.4 Å². The standard InChI is InChI=1S/C28H28Cl2N2O3S/c1-36(34,35)22-13-11-19(12-14-22)15-25(33)32-28(16-20-7-5-6-8-20)17-24(29)26(27(30)23(28)18-31)21-9-3-2-4-10-21/h2-4,9-14,17,20,23H,5-8,15-16H2,1H3,(H,32,33). The molecule has 2 aromatic rings. The lowest BCUT2D eigenvalue weighted by Crippen LogP contribution is -2.55. The number of halogens is 2. The third kappa shape index (κ3) is 5.70. The van der Waals surface area contributed by atoms with E-state index in [0.29, 0.717) is 33.5 Å². The van der Waals surface area contributed by atoms with Gasteiger partial charge in [0.15, 0.2) is 9.84 Å². The summed E-state index contributed by atoms with van der Waals surface area (Å²) >= 11 is 13.7. The molecule has 0 saturated heterocycles. The quantitative estimate of drug-likeness (QED) is 0.465. The Bertz CT molecular complexity index is 1340. The van der Waals surface area contributed by atoms with Gasteiger partial charge in [-0.2, -0.15) is 5.26 Å². The lowest BCUT2D eigenvalue weighted by atomic mass is 9.72. The normalized spacial score (nSPS) is 22.7. The van der Waals surface area contributed by atoms with Gasteiger partial charge in [0.2, 0.25) is 5.91 Å². The number of rotatable bonds is 7. The first-order chi connectivity index (χ1) is 17.1. The molecule has 2 aromatic carbocycles. The van der Waals surface area contributed by atoms with Gasteiger partial charge in [0.05, 0.1) is 22.9 Å². The molecule has 36 heavy (non-hydrogen) atoms. The van der Waals surface area contributed by atoms with Crippen molar-refractivity contribution < 1.29 is 13.2 Å². The summed E-state index contributed by atoms with van der Waals surface area (Å²) in [5.41, 5.74) is 1.05. The molecule has 1 saturated carbocycles. The van der Waals surface area contributed by atoms with E-state index >= 15 is 0 Å². The molecule has 8 heteroatoms. The monoisotopic (exact) mass is 542 g/mol. The zero-order valence-electron chi connectivity index (χ0n) is 20.0. The van der Waals surface area contributed by atoms with Gasteiger partial charge in [0.1, 0.15) is 5.92 Å². The van der Waals surface area contributed by atoms with Crippen LogP contribution in [0.3, 0.4) is 0 Å². The van der Waals surface area contributed by atoms with Crippen molar-refractivity contribution in [1.82, 2.24) is 5.32 Å². The summed E-state index contributed by atoms with van der Waals surface area (Å²) < 4.78 is 23.5. The summed E-state index contributed by atoms with van der Waals surface area (Å²) in [6.07, 6.45) is 7.85. The molecular weight excluding hydrogens is 515 g/mol. The molecule has 0 radical (unpaired) electrons. The molecule has 0 aliphatic heterocycles. The Labute approximate surface area is 222 Å². The second kappa shape index (κ2) is 10.8. The summed E-state index contributed by atoms with van der Waals surface area (Å²) in [5.74, 6) is -0.735. The Morgan fingerprint density at radius 1 is 1.08 bits per heavy atom. The van der Waals surface area contributed by atoms with E-state index in [4.69, 9.17) is 23.2 Å². The van der Waals surface area contributed by atoms with Crippen molar-refractivity contribution >= 4 is 44.5 Å². The van der Waals surface area contributed by atoms with E-state index in [9.17, 15) is 18.5 Å². The smallest absolute Gasteiger partial charge is 0.225 e. The highest BCUT2D eigenvalue weighted by Gasteiger charge is 2.46. The van der Waals surface area contributed by atoms with Crippen molar-refractivity contribution in [3.8, 4) is 6.07 Å². The molecule has 2 aliphatic carbocycles. The Kier molecular flexibility index (Phi) is 7.94. The van der Waals surface area contributed by atoms with E-state index in [1.807, 2.05) is 30.3 Å². The van der Waals surface area contributed by atoms with Crippen LogP contribution in [0.15, 0.2) is 75.6 Å². The van der Waals surface area contributed by atoms with Gasteiger partial charge >= 0.3 is 0 Å². The predicted octanol–water partition coefficient (Wildman–Crippen LogP) is 5.99. The Morgan fingerprint density at radius 2 is 1.72 bits per heavy atom. The fraction of sp³-hybridized carbons (Fsp3) is 0.357. The van der Waals surface area contributed by atoms with E-state index in [-0.39, 0.29) is 17.2 Å². The number of nitrogens with zero attached hydrogens (tertiary/aromatic N) is 1. The Morgan fingerprint density at radius 3 is 2.31 bits per heavy atom. The zero-order chi connectivity index (χ0) is 25.9. The molecule has 2 unspecified atom stereocenters. The van der Waals surface area contributed by atoms with Crippen LogP contribution in [0, 0.1) is 23.2 Å². The van der Waals surface area contributed by atoms with E-state index in [1.54, 1.807) is 18.2 Å². The third-order valence-corrected chi connectivity index (χ3v) is 8.85. The highest BCUT2D eigenvalue weighted by Crippen LogP contribution is 2.48. The highest BCUT2D eigenvalue weighted by atomic mass is 35.5. The molecular formula is C28H28Cl2N2O3S. The molecule has 0 bridgehead atoms. The molecule has 5 nitrogen and oxygen atoms in total. The third-order valence-electron chi connectivity index (χ3n) is 7.01. The van der Waals surface area contributed by atoms with Crippen LogP contribution in [0.1, 0.15) is 43.2 Å². The van der Waals surface area contributed by atoms with Crippen LogP contribution in [0.2, 0.25) is 0 Å². The molecule has 0 aromatic heterocycles. The molecule has 1 fully saturated rings. The number of allylic oxidation sites excluding steroid dienone is 2. The molecule has 4 rings (SSSR count). The number of benzene rings is 2. The number of hydrogen-bond acceptors (Lipinski definition) is 4. The minimum absolute atomic E-state index is 0.0347. The highest BCUT2D eigenvalue weighted by molar-refractivity contribution is 7.90. The van der Waals surface area contributed by atoms with Crippen LogP contribution in [0.5, 0.6) is 0 Å². The number of sulfone groups is 1. The van der Waals surface area contributed by atoms with Crippen LogP contribution in [0.4, 0.5) is 0 Å². The topological polar surface area (TPSA) is 87.0 Å². The number of carbonyl (C=O) groups is 1. The van der Waals surface area contributed by atoms with Crippen molar-refractivity contribution in [2.75, 3.05) is 6.26 Å². The fourth-order valence-electron chi connectivity index (χ4n) is 5.29. The van der Waals surface area contributed by atoms with Crippen LogP contribution in [-0.4, -0.2) is 26.1 Å². The van der Waals surface area contributed by atoms with Gasteiger partial charge in [0.25, 0.3) is 0 Å². The van der Waals surface area contributed by atoms with Crippen molar-refractivity contribution in [2.45, 2.75) is 49.0 Å². The second-order valence-electron chi connectivity index (χ2n) is 9.68. The van der Waals surface area contributed by atoms with Crippen LogP contribution in [-0.2, 0) is 21.1 Å². The first-order valence-electron chi connectivity index (χ1n) is 12.0.